The van der Waals surface area contributed by atoms with Crippen LogP contribution in [0.15, 0.2) is 30.4 Å². The number of halogens is 2. The first-order chi connectivity index (χ1) is 13.3. The van der Waals surface area contributed by atoms with Gasteiger partial charge in [0.2, 0.25) is 11.8 Å². The number of imide groups is 1. The van der Waals surface area contributed by atoms with Gasteiger partial charge in [-0.25, -0.2) is 0 Å². The molecule has 1 heterocycles. The number of ether oxygens (including phenoxy) is 1. The third-order valence-electron chi connectivity index (χ3n) is 5.42. The zero-order valence-electron chi connectivity index (χ0n) is 14.6. The molecule has 1 saturated carbocycles. The smallest absolute Gasteiger partial charge is 0.326 e. The molecule has 7 nitrogen and oxygen atoms in total. The topological polar surface area (TPSA) is 92.8 Å². The maximum absolute atomic E-state index is 12.5. The molecule has 146 valence electrons. The second-order valence-electron chi connectivity index (χ2n) is 7.10. The summed E-state index contributed by atoms with van der Waals surface area (Å²) in [6.45, 7) is -1.05. The third-order valence-corrected chi connectivity index (χ3v) is 5.97. The Balaban J connectivity index is 1.30. The van der Waals surface area contributed by atoms with Crippen LogP contribution in [0.2, 0.25) is 10.0 Å². The average molecular weight is 423 g/mol. The highest BCUT2D eigenvalue weighted by Crippen LogP contribution is 2.52. The molecule has 3 aliphatic rings. The second kappa shape index (κ2) is 7.22. The van der Waals surface area contributed by atoms with Gasteiger partial charge in [0.1, 0.15) is 6.54 Å². The van der Waals surface area contributed by atoms with Crippen LogP contribution in [0.4, 0.5) is 5.69 Å². The van der Waals surface area contributed by atoms with Crippen LogP contribution in [0.25, 0.3) is 0 Å². The Morgan fingerprint density at radius 2 is 1.75 bits per heavy atom. The van der Waals surface area contributed by atoms with Crippen molar-refractivity contribution in [3.8, 4) is 0 Å². The molecule has 0 aromatic heterocycles. The first-order valence-corrected chi connectivity index (χ1v) is 9.55. The van der Waals surface area contributed by atoms with Crippen LogP contribution in [0.3, 0.4) is 0 Å². The van der Waals surface area contributed by atoms with Gasteiger partial charge < -0.3 is 10.1 Å². The quantitative estimate of drug-likeness (QED) is 0.446. The minimum absolute atomic E-state index is 0.0716. The molecule has 1 N–H and O–H groups in total. The Kier molecular flexibility index (Phi) is 4.89. The minimum Gasteiger partial charge on any atom is -0.454 e. The first-order valence-electron chi connectivity index (χ1n) is 8.79. The molecule has 1 aliphatic heterocycles. The van der Waals surface area contributed by atoms with E-state index < -0.39 is 25.0 Å². The molecular formula is C19H16Cl2N2O5. The van der Waals surface area contributed by atoms with Crippen LogP contribution in [0.1, 0.15) is 6.42 Å². The lowest BCUT2D eigenvalue weighted by Crippen LogP contribution is -2.38. The largest absolute Gasteiger partial charge is 0.454 e. The highest BCUT2D eigenvalue weighted by atomic mass is 35.5. The average Bonchev–Trinajstić information content (AvgIpc) is 3.32. The summed E-state index contributed by atoms with van der Waals surface area (Å²) < 4.78 is 4.91. The van der Waals surface area contributed by atoms with Crippen LogP contribution in [0, 0.1) is 23.7 Å². The molecule has 0 unspecified atom stereocenters. The Morgan fingerprint density at radius 1 is 1.11 bits per heavy atom. The molecule has 1 aromatic carbocycles. The van der Waals surface area contributed by atoms with Crippen molar-refractivity contribution in [1.82, 2.24) is 4.90 Å². The SMILES string of the molecule is O=C(COC(=O)CN1C(=O)[C@@H]2[C@H](C1=O)[C@H]1C=C[C@H]2C1)Nc1ccc(Cl)cc1Cl. The number of hydrogen-bond acceptors (Lipinski definition) is 5. The van der Waals surface area contributed by atoms with Crippen molar-refractivity contribution in [2.24, 2.45) is 23.7 Å². The normalized spacial score (nSPS) is 27.3. The molecule has 0 radical (unpaired) electrons. The number of fused-ring (bicyclic) bond motifs is 5. The lowest BCUT2D eigenvalue weighted by atomic mass is 9.85. The van der Waals surface area contributed by atoms with E-state index in [0.717, 1.165) is 11.3 Å². The van der Waals surface area contributed by atoms with Gasteiger partial charge in [0.15, 0.2) is 6.61 Å². The number of amides is 3. The van der Waals surface area contributed by atoms with E-state index >= 15 is 0 Å². The summed E-state index contributed by atoms with van der Waals surface area (Å²) in [6, 6.07) is 4.54. The molecule has 28 heavy (non-hydrogen) atoms. The highest BCUT2D eigenvalue weighted by molar-refractivity contribution is 6.36. The van der Waals surface area contributed by atoms with E-state index in [4.69, 9.17) is 27.9 Å². The highest BCUT2D eigenvalue weighted by Gasteiger charge is 2.59. The predicted molar refractivity (Wildman–Crippen MR) is 100 cm³/mol. The van der Waals surface area contributed by atoms with Crippen LogP contribution in [0.5, 0.6) is 0 Å². The molecule has 3 amide bonds. The maximum atomic E-state index is 12.5. The van der Waals surface area contributed by atoms with E-state index in [1.165, 1.54) is 12.1 Å². The van der Waals surface area contributed by atoms with E-state index in [2.05, 4.69) is 5.32 Å². The summed E-state index contributed by atoms with van der Waals surface area (Å²) >= 11 is 11.8. The fourth-order valence-corrected chi connectivity index (χ4v) is 4.67. The zero-order chi connectivity index (χ0) is 20.0. The summed E-state index contributed by atoms with van der Waals surface area (Å²) in [5, 5.41) is 3.16. The van der Waals surface area contributed by atoms with Crippen LogP contribution >= 0.6 is 23.2 Å². The summed E-state index contributed by atoms with van der Waals surface area (Å²) in [5.41, 5.74) is 0.327. The van der Waals surface area contributed by atoms with Crippen molar-refractivity contribution in [1.29, 1.82) is 0 Å². The summed E-state index contributed by atoms with van der Waals surface area (Å²) in [6.07, 6.45) is 4.77. The summed E-state index contributed by atoms with van der Waals surface area (Å²) in [5.74, 6) is -2.68. The number of rotatable bonds is 5. The maximum Gasteiger partial charge on any atom is 0.326 e. The van der Waals surface area contributed by atoms with Gasteiger partial charge in [-0.05, 0) is 36.5 Å². The van der Waals surface area contributed by atoms with Crippen LogP contribution in [-0.2, 0) is 23.9 Å². The van der Waals surface area contributed by atoms with Gasteiger partial charge in [-0.3, -0.25) is 24.1 Å². The number of likely N-dealkylation sites (tertiary alicyclic amines) is 1. The number of esters is 1. The fraction of sp³-hybridized carbons (Fsp3) is 0.368. The molecule has 4 atom stereocenters. The fourth-order valence-electron chi connectivity index (χ4n) is 4.22. The van der Waals surface area contributed by atoms with Crippen molar-refractivity contribution >= 4 is 52.6 Å². The van der Waals surface area contributed by atoms with Crippen LogP contribution < -0.4 is 5.32 Å². The molecular weight excluding hydrogens is 407 g/mol. The molecule has 2 fully saturated rings. The lowest BCUT2D eigenvalue weighted by molar-refractivity contribution is -0.154. The Bertz CT molecular complexity index is 886. The molecule has 4 rings (SSSR count). The number of carbonyl (C=O) groups is 4. The minimum atomic E-state index is -0.820. The Morgan fingerprint density at radius 3 is 2.36 bits per heavy atom. The van der Waals surface area contributed by atoms with Gasteiger partial charge in [-0.2, -0.15) is 0 Å². The monoisotopic (exact) mass is 422 g/mol. The van der Waals surface area contributed by atoms with Crippen molar-refractivity contribution in [2.45, 2.75) is 6.42 Å². The molecule has 1 aromatic rings. The number of nitrogens with zero attached hydrogens (tertiary/aromatic N) is 1. The van der Waals surface area contributed by atoms with Crippen molar-refractivity contribution < 1.29 is 23.9 Å². The second-order valence-corrected chi connectivity index (χ2v) is 7.94. The van der Waals surface area contributed by atoms with Crippen molar-refractivity contribution in [2.75, 3.05) is 18.5 Å². The van der Waals surface area contributed by atoms with E-state index in [0.29, 0.717) is 10.7 Å². The van der Waals surface area contributed by atoms with Gasteiger partial charge in [-0.15, -0.1) is 0 Å². The van der Waals surface area contributed by atoms with Gasteiger partial charge in [0, 0.05) is 5.02 Å². The molecule has 0 spiro atoms. The number of carbonyl (C=O) groups excluding carboxylic acids is 4. The van der Waals surface area contributed by atoms with Crippen molar-refractivity contribution in [3.63, 3.8) is 0 Å². The first kappa shape index (κ1) is 19.0. The van der Waals surface area contributed by atoms with E-state index in [-0.39, 0.29) is 40.5 Å². The standard InChI is InChI=1S/C19H16Cl2N2O5/c20-11-3-4-13(12(21)6-11)22-14(24)8-28-15(25)7-23-18(26)16-9-1-2-10(5-9)17(16)19(23)27/h1-4,6,9-10,16-17H,5,7-8H2,(H,22,24)/t9-,10-,16-,17+/m0/s1. The number of nitrogens with one attached hydrogen (secondary N) is 1. The van der Waals surface area contributed by atoms with E-state index in [1.807, 2.05) is 12.2 Å². The Labute approximate surface area is 170 Å². The molecule has 1 saturated heterocycles. The Hall–Kier alpha value is -2.38. The molecule has 9 heteroatoms. The third kappa shape index (κ3) is 3.29. The van der Waals surface area contributed by atoms with Crippen molar-refractivity contribution in [3.05, 3.63) is 40.4 Å². The van der Waals surface area contributed by atoms with Gasteiger partial charge in [-0.1, -0.05) is 35.4 Å². The number of allylic oxidation sites excluding steroid dienone is 2. The van der Waals surface area contributed by atoms with Gasteiger partial charge in [0.25, 0.3) is 5.91 Å². The van der Waals surface area contributed by atoms with Gasteiger partial charge >= 0.3 is 5.97 Å². The van der Waals surface area contributed by atoms with Crippen LogP contribution in [-0.4, -0.2) is 41.7 Å². The van der Waals surface area contributed by atoms with Gasteiger partial charge in [0.05, 0.1) is 22.5 Å². The van der Waals surface area contributed by atoms with E-state index in [1.54, 1.807) is 6.07 Å². The molecule has 2 bridgehead atoms. The predicted octanol–water partition coefficient (Wildman–Crippen LogP) is 2.28. The van der Waals surface area contributed by atoms with E-state index in [9.17, 15) is 19.2 Å². The zero-order valence-corrected chi connectivity index (χ0v) is 16.1. The summed E-state index contributed by atoms with van der Waals surface area (Å²) in [4.78, 5) is 50.0. The number of anilines is 1. The number of benzene rings is 1. The molecule has 2 aliphatic carbocycles. The number of hydrogen-bond donors (Lipinski definition) is 1. The lowest BCUT2D eigenvalue weighted by Gasteiger charge is -2.16. The summed E-state index contributed by atoms with van der Waals surface area (Å²) in [7, 11) is 0.